The minimum Gasteiger partial charge on any atom is -0.381 e. The van der Waals surface area contributed by atoms with Crippen molar-refractivity contribution in [1.82, 2.24) is 10.6 Å². The molecule has 2 rings (SSSR count). The Kier molecular flexibility index (Phi) is 11.3. The predicted molar refractivity (Wildman–Crippen MR) is 119 cm³/mol. The van der Waals surface area contributed by atoms with Crippen molar-refractivity contribution in [2.24, 2.45) is 4.99 Å². The van der Waals surface area contributed by atoms with Crippen LogP contribution in [0.3, 0.4) is 0 Å². The van der Waals surface area contributed by atoms with E-state index in [2.05, 4.69) is 15.6 Å². The molecule has 0 aromatic heterocycles. The van der Waals surface area contributed by atoms with Gasteiger partial charge in [-0.15, -0.1) is 24.0 Å². The van der Waals surface area contributed by atoms with Crippen molar-refractivity contribution in [1.29, 1.82) is 0 Å². The average Bonchev–Trinajstić information content (AvgIpc) is 2.69. The number of guanidine groups is 1. The van der Waals surface area contributed by atoms with Crippen LogP contribution in [-0.2, 0) is 21.1 Å². The highest BCUT2D eigenvalue weighted by Crippen LogP contribution is 2.38. The summed E-state index contributed by atoms with van der Waals surface area (Å²) in [5.74, 6) is 0.639. The third-order valence-electron chi connectivity index (χ3n) is 4.88. The quantitative estimate of drug-likeness (QED) is 0.232. The molecule has 0 atom stereocenters. The average molecular weight is 529 g/mol. The van der Waals surface area contributed by atoms with Gasteiger partial charge in [-0.3, -0.25) is 4.99 Å². The molecule has 2 N–H and O–H groups in total. The molecule has 5 nitrogen and oxygen atoms in total. The Balaban J connectivity index is 0.00000420. The third-order valence-corrected chi connectivity index (χ3v) is 4.88. The maximum atomic E-state index is 13.2. The van der Waals surface area contributed by atoms with Gasteiger partial charge in [0, 0.05) is 38.3 Å². The van der Waals surface area contributed by atoms with Gasteiger partial charge in [-0.1, -0.05) is 18.2 Å². The summed E-state index contributed by atoms with van der Waals surface area (Å²) in [6, 6.07) is 5.62. The van der Waals surface area contributed by atoms with Crippen molar-refractivity contribution < 1.29 is 22.6 Å². The lowest BCUT2D eigenvalue weighted by molar-refractivity contribution is -0.137. The smallest absolute Gasteiger partial charge is 0.381 e. The van der Waals surface area contributed by atoms with Gasteiger partial charge in [0.2, 0.25) is 0 Å². The number of hydrogen-bond donors (Lipinski definition) is 2. The van der Waals surface area contributed by atoms with Crippen molar-refractivity contribution in [2.45, 2.75) is 38.3 Å². The number of rotatable bonds is 8. The highest BCUT2D eigenvalue weighted by Gasteiger charge is 2.37. The van der Waals surface area contributed by atoms with Crippen LogP contribution >= 0.6 is 24.0 Å². The first-order valence-corrected chi connectivity index (χ1v) is 9.76. The van der Waals surface area contributed by atoms with Gasteiger partial charge in [0.15, 0.2) is 5.96 Å². The molecule has 0 radical (unpaired) electrons. The van der Waals surface area contributed by atoms with Crippen LogP contribution < -0.4 is 10.6 Å². The zero-order valence-corrected chi connectivity index (χ0v) is 19.3. The fraction of sp³-hybridized carbons (Fsp3) is 0.650. The van der Waals surface area contributed by atoms with Gasteiger partial charge in [-0.2, -0.15) is 13.2 Å². The first-order chi connectivity index (χ1) is 13.4. The highest BCUT2D eigenvalue weighted by atomic mass is 127. The molecule has 1 aromatic rings. The normalized spacial score (nSPS) is 16.8. The third kappa shape index (κ3) is 7.93. The molecule has 1 aliphatic heterocycles. The van der Waals surface area contributed by atoms with Crippen molar-refractivity contribution >= 4 is 29.9 Å². The zero-order chi connectivity index (χ0) is 20.5. The van der Waals surface area contributed by atoms with E-state index in [4.69, 9.17) is 9.47 Å². The van der Waals surface area contributed by atoms with Gasteiger partial charge in [-0.05, 0) is 38.3 Å². The molecule has 0 bridgehead atoms. The summed E-state index contributed by atoms with van der Waals surface area (Å²) in [4.78, 5) is 4.68. The number of alkyl halides is 3. The van der Waals surface area contributed by atoms with Crippen LogP contribution in [0.15, 0.2) is 29.3 Å². The second-order valence-corrected chi connectivity index (χ2v) is 6.79. The van der Waals surface area contributed by atoms with Crippen LogP contribution in [0, 0.1) is 0 Å². The van der Waals surface area contributed by atoms with Gasteiger partial charge >= 0.3 is 6.18 Å². The number of benzene rings is 1. The number of hydrogen-bond acceptors (Lipinski definition) is 3. The molecule has 166 valence electrons. The summed E-state index contributed by atoms with van der Waals surface area (Å²) in [6.07, 6.45) is -3.09. The Bertz CT molecular complexity index is 636. The van der Waals surface area contributed by atoms with Crippen molar-refractivity contribution in [3.05, 3.63) is 35.4 Å². The van der Waals surface area contributed by atoms with Crippen LogP contribution in [0.5, 0.6) is 0 Å². The fourth-order valence-corrected chi connectivity index (χ4v) is 3.28. The van der Waals surface area contributed by atoms with Crippen molar-refractivity contribution in [2.75, 3.05) is 46.1 Å². The van der Waals surface area contributed by atoms with E-state index in [1.165, 1.54) is 12.1 Å². The molecule has 1 aromatic carbocycles. The number of aliphatic imine (C=N–C) groups is 1. The molecular formula is C20H31F3IN3O2. The Morgan fingerprint density at radius 1 is 1.21 bits per heavy atom. The second kappa shape index (κ2) is 12.6. The van der Waals surface area contributed by atoms with E-state index in [0.29, 0.717) is 70.4 Å². The summed E-state index contributed by atoms with van der Waals surface area (Å²) in [6.45, 7) is 7.84. The number of nitrogens with zero attached hydrogens (tertiary/aromatic N) is 1. The Morgan fingerprint density at radius 2 is 1.93 bits per heavy atom. The lowest BCUT2D eigenvalue weighted by Crippen LogP contribution is -2.42. The van der Waals surface area contributed by atoms with Crippen molar-refractivity contribution in [3.63, 3.8) is 0 Å². The van der Waals surface area contributed by atoms with Gasteiger partial charge in [0.05, 0.1) is 18.7 Å². The Morgan fingerprint density at radius 3 is 2.55 bits per heavy atom. The lowest BCUT2D eigenvalue weighted by atomic mass is 9.74. The fourth-order valence-electron chi connectivity index (χ4n) is 3.28. The molecule has 0 unspecified atom stereocenters. The molecule has 0 aliphatic carbocycles. The maximum absolute atomic E-state index is 13.2. The van der Waals surface area contributed by atoms with E-state index in [-0.39, 0.29) is 24.0 Å². The summed E-state index contributed by atoms with van der Waals surface area (Å²) >= 11 is 0. The second-order valence-electron chi connectivity index (χ2n) is 6.79. The highest BCUT2D eigenvalue weighted by molar-refractivity contribution is 14.0. The van der Waals surface area contributed by atoms with Crippen LogP contribution in [0.4, 0.5) is 13.2 Å². The van der Waals surface area contributed by atoms with E-state index in [0.717, 1.165) is 6.07 Å². The molecule has 1 heterocycles. The zero-order valence-electron chi connectivity index (χ0n) is 17.0. The summed E-state index contributed by atoms with van der Waals surface area (Å²) in [5, 5.41) is 6.38. The van der Waals surface area contributed by atoms with E-state index in [9.17, 15) is 13.2 Å². The number of ether oxygens (including phenoxy) is 2. The molecule has 1 saturated heterocycles. The molecule has 1 aliphatic rings. The molecule has 9 heteroatoms. The molecule has 0 saturated carbocycles. The molecule has 0 spiro atoms. The largest absolute Gasteiger partial charge is 0.416 e. The van der Waals surface area contributed by atoms with Gasteiger partial charge in [0.1, 0.15) is 0 Å². The monoisotopic (exact) mass is 529 g/mol. The number of nitrogens with one attached hydrogen (secondary N) is 2. The number of halogens is 4. The first kappa shape index (κ1) is 26.0. The Labute approximate surface area is 187 Å². The molecule has 0 amide bonds. The van der Waals surface area contributed by atoms with Crippen LogP contribution in [0.25, 0.3) is 0 Å². The van der Waals surface area contributed by atoms with Crippen molar-refractivity contribution in [3.8, 4) is 0 Å². The molecule has 29 heavy (non-hydrogen) atoms. The molecular weight excluding hydrogens is 498 g/mol. The maximum Gasteiger partial charge on any atom is 0.416 e. The van der Waals surface area contributed by atoms with E-state index < -0.39 is 17.2 Å². The minimum absolute atomic E-state index is 0. The van der Waals surface area contributed by atoms with Crippen LogP contribution in [-0.4, -0.2) is 52.0 Å². The predicted octanol–water partition coefficient (Wildman–Crippen LogP) is 3.96. The lowest BCUT2D eigenvalue weighted by Gasteiger charge is -2.37. The Hall–Kier alpha value is -1.07. The standard InChI is InChI=1S/C20H30F3N3O2.HI/c1-3-24-18(25-10-13-27-4-2)26-15-19(8-11-28-12-9-19)16-6-5-7-17(14-16)20(21,22)23;/h5-7,14H,3-4,8-13,15H2,1-2H3,(H2,24,25,26);1H. The molecule has 1 fully saturated rings. The van der Waals surface area contributed by atoms with E-state index in [1.807, 2.05) is 13.8 Å². The SMILES string of the molecule is CCNC(=NCC1(c2cccc(C(F)(F)F)c2)CCOCC1)NCCOCC.I. The van der Waals surface area contributed by atoms with E-state index >= 15 is 0 Å². The summed E-state index contributed by atoms with van der Waals surface area (Å²) in [5.41, 5.74) is -0.428. The van der Waals surface area contributed by atoms with Gasteiger partial charge in [0.25, 0.3) is 0 Å². The van der Waals surface area contributed by atoms with Crippen LogP contribution in [0.2, 0.25) is 0 Å². The topological polar surface area (TPSA) is 54.9 Å². The van der Waals surface area contributed by atoms with Gasteiger partial charge < -0.3 is 20.1 Å². The summed E-state index contributed by atoms with van der Waals surface area (Å²) < 4.78 is 50.4. The van der Waals surface area contributed by atoms with Crippen LogP contribution in [0.1, 0.15) is 37.8 Å². The first-order valence-electron chi connectivity index (χ1n) is 9.76. The van der Waals surface area contributed by atoms with E-state index in [1.54, 1.807) is 6.07 Å². The van der Waals surface area contributed by atoms with Gasteiger partial charge in [-0.25, -0.2) is 0 Å². The summed E-state index contributed by atoms with van der Waals surface area (Å²) in [7, 11) is 0. The minimum atomic E-state index is -4.36.